The molecule has 0 aromatic rings. The minimum absolute atomic E-state index is 0.00889. The second-order valence-electron chi connectivity index (χ2n) is 5.89. The van der Waals surface area contributed by atoms with Gasteiger partial charge in [0.2, 0.25) is 5.91 Å². The number of hydrogen-bond acceptors (Lipinski definition) is 4. The maximum Gasteiger partial charge on any atom is 0.230 e. The van der Waals surface area contributed by atoms with Crippen molar-refractivity contribution in [3.05, 3.63) is 0 Å². The van der Waals surface area contributed by atoms with Gasteiger partial charge in [-0.2, -0.15) is 0 Å². The molecular formula is C12H22N2O3S. The number of rotatable bonds is 2. The Kier molecular flexibility index (Phi) is 3.44. The molecule has 1 aliphatic carbocycles. The van der Waals surface area contributed by atoms with Crippen molar-refractivity contribution in [1.29, 1.82) is 0 Å². The van der Waals surface area contributed by atoms with Crippen molar-refractivity contribution in [2.45, 2.75) is 44.7 Å². The van der Waals surface area contributed by atoms with Gasteiger partial charge in [0, 0.05) is 19.1 Å². The molecule has 0 bridgehead atoms. The summed E-state index contributed by atoms with van der Waals surface area (Å²) in [6, 6.07) is -0.280. The molecule has 1 saturated carbocycles. The lowest BCUT2D eigenvalue weighted by Crippen LogP contribution is -2.51. The molecule has 2 fully saturated rings. The Labute approximate surface area is 109 Å². The summed E-state index contributed by atoms with van der Waals surface area (Å²) < 4.78 is 22.9. The zero-order chi connectivity index (χ0) is 13.6. The van der Waals surface area contributed by atoms with Gasteiger partial charge in [0.15, 0.2) is 9.84 Å². The zero-order valence-electron chi connectivity index (χ0n) is 11.1. The van der Waals surface area contributed by atoms with E-state index >= 15 is 0 Å². The molecule has 0 spiro atoms. The molecule has 18 heavy (non-hydrogen) atoms. The van der Waals surface area contributed by atoms with E-state index in [0.717, 1.165) is 19.3 Å². The first-order valence-corrected chi connectivity index (χ1v) is 8.32. The molecule has 2 N–H and O–H groups in total. The van der Waals surface area contributed by atoms with Crippen LogP contribution in [-0.4, -0.2) is 49.9 Å². The predicted octanol–water partition coefficient (Wildman–Crippen LogP) is 0.149. The second kappa shape index (κ2) is 4.49. The third-order valence-electron chi connectivity index (χ3n) is 4.59. The summed E-state index contributed by atoms with van der Waals surface area (Å²) in [6.45, 7) is 1.91. The van der Waals surface area contributed by atoms with E-state index in [1.54, 1.807) is 11.9 Å². The quantitative estimate of drug-likeness (QED) is 0.777. The number of amides is 1. The maximum atomic E-state index is 12.5. The van der Waals surface area contributed by atoms with E-state index < -0.39 is 15.3 Å². The van der Waals surface area contributed by atoms with E-state index in [0.29, 0.717) is 6.42 Å². The van der Waals surface area contributed by atoms with Crippen LogP contribution in [0.2, 0.25) is 0 Å². The molecule has 104 valence electrons. The van der Waals surface area contributed by atoms with Gasteiger partial charge in [-0.25, -0.2) is 8.42 Å². The lowest BCUT2D eigenvalue weighted by atomic mass is 9.83. The first-order valence-electron chi connectivity index (χ1n) is 6.49. The normalized spacial score (nSPS) is 38.8. The molecule has 5 nitrogen and oxygen atoms in total. The van der Waals surface area contributed by atoms with Crippen molar-refractivity contribution in [3.8, 4) is 0 Å². The van der Waals surface area contributed by atoms with Crippen LogP contribution in [0.4, 0.5) is 0 Å². The van der Waals surface area contributed by atoms with Gasteiger partial charge < -0.3 is 10.6 Å². The maximum absolute atomic E-state index is 12.5. The fourth-order valence-electron chi connectivity index (χ4n) is 3.11. The van der Waals surface area contributed by atoms with Crippen molar-refractivity contribution in [2.75, 3.05) is 18.6 Å². The number of sulfone groups is 1. The highest BCUT2D eigenvalue weighted by Crippen LogP contribution is 2.39. The smallest absolute Gasteiger partial charge is 0.230 e. The Morgan fingerprint density at radius 3 is 2.50 bits per heavy atom. The first kappa shape index (κ1) is 13.8. The highest BCUT2D eigenvalue weighted by atomic mass is 32.2. The third kappa shape index (κ3) is 2.28. The number of hydrogen-bond donors (Lipinski definition) is 1. The van der Waals surface area contributed by atoms with Crippen molar-refractivity contribution in [1.82, 2.24) is 4.90 Å². The summed E-state index contributed by atoms with van der Waals surface area (Å²) in [5, 5.41) is 0. The Balaban J connectivity index is 2.10. The van der Waals surface area contributed by atoms with Crippen LogP contribution in [0.1, 0.15) is 32.6 Å². The minimum atomic E-state index is -2.96. The standard InChI is InChI=1S/C12H22N2O3S/c1-12(6-3-4-10(12)13)11(15)14(2)9-5-7-18(16,17)8-9/h9-10H,3-8,13H2,1-2H3. The summed E-state index contributed by atoms with van der Waals surface area (Å²) in [4.78, 5) is 14.1. The Bertz CT molecular complexity index is 448. The molecule has 2 aliphatic rings. The molecule has 1 heterocycles. The van der Waals surface area contributed by atoms with Crippen LogP contribution < -0.4 is 5.73 Å². The molecule has 1 aliphatic heterocycles. The number of carbonyl (C=O) groups excluding carboxylic acids is 1. The highest BCUT2D eigenvalue weighted by molar-refractivity contribution is 7.91. The molecule has 2 rings (SSSR count). The number of carbonyl (C=O) groups is 1. The molecule has 1 amide bonds. The van der Waals surface area contributed by atoms with E-state index in [1.807, 2.05) is 6.92 Å². The highest BCUT2D eigenvalue weighted by Gasteiger charge is 2.46. The average molecular weight is 274 g/mol. The monoisotopic (exact) mass is 274 g/mol. The zero-order valence-corrected chi connectivity index (χ0v) is 11.9. The van der Waals surface area contributed by atoms with Crippen molar-refractivity contribution >= 4 is 15.7 Å². The van der Waals surface area contributed by atoms with Gasteiger partial charge in [0.05, 0.1) is 16.9 Å². The van der Waals surface area contributed by atoms with Gasteiger partial charge in [-0.05, 0) is 26.2 Å². The van der Waals surface area contributed by atoms with Crippen LogP contribution in [0.5, 0.6) is 0 Å². The van der Waals surface area contributed by atoms with E-state index in [4.69, 9.17) is 5.73 Å². The van der Waals surface area contributed by atoms with Gasteiger partial charge >= 0.3 is 0 Å². The molecule has 6 heteroatoms. The van der Waals surface area contributed by atoms with Crippen molar-refractivity contribution in [3.63, 3.8) is 0 Å². The predicted molar refractivity (Wildman–Crippen MR) is 69.8 cm³/mol. The Morgan fingerprint density at radius 2 is 2.06 bits per heavy atom. The lowest BCUT2D eigenvalue weighted by molar-refractivity contribution is -0.142. The van der Waals surface area contributed by atoms with Gasteiger partial charge in [-0.15, -0.1) is 0 Å². The van der Waals surface area contributed by atoms with Gasteiger partial charge in [0.25, 0.3) is 0 Å². The van der Waals surface area contributed by atoms with Crippen molar-refractivity contribution < 1.29 is 13.2 Å². The number of nitrogens with zero attached hydrogens (tertiary/aromatic N) is 1. The largest absolute Gasteiger partial charge is 0.341 e. The van der Waals surface area contributed by atoms with Crippen LogP contribution in [0.15, 0.2) is 0 Å². The molecule has 1 saturated heterocycles. The minimum Gasteiger partial charge on any atom is -0.341 e. The fourth-order valence-corrected chi connectivity index (χ4v) is 4.88. The summed E-state index contributed by atoms with van der Waals surface area (Å²) in [5.41, 5.74) is 5.53. The topological polar surface area (TPSA) is 80.5 Å². The molecule has 0 aromatic heterocycles. The van der Waals surface area contributed by atoms with Crippen LogP contribution >= 0.6 is 0 Å². The molecule has 0 radical (unpaired) electrons. The fraction of sp³-hybridized carbons (Fsp3) is 0.917. The SMILES string of the molecule is CN(C(=O)C1(C)CCCC1N)C1CCS(=O)(=O)C1. The average Bonchev–Trinajstić information content (AvgIpc) is 2.82. The van der Waals surface area contributed by atoms with Gasteiger partial charge in [-0.3, -0.25) is 4.79 Å². The van der Waals surface area contributed by atoms with E-state index in [1.165, 1.54) is 0 Å². The van der Waals surface area contributed by atoms with Crippen LogP contribution in [0.25, 0.3) is 0 Å². The Hall–Kier alpha value is -0.620. The number of nitrogens with two attached hydrogens (primary N) is 1. The Morgan fingerprint density at radius 1 is 1.39 bits per heavy atom. The summed E-state index contributed by atoms with van der Waals surface area (Å²) >= 11 is 0. The van der Waals surface area contributed by atoms with Crippen LogP contribution in [-0.2, 0) is 14.6 Å². The summed E-state index contributed by atoms with van der Waals surface area (Å²) in [7, 11) is -1.24. The summed E-state index contributed by atoms with van der Waals surface area (Å²) in [6.07, 6.45) is 3.20. The van der Waals surface area contributed by atoms with Gasteiger partial charge in [0.1, 0.15) is 0 Å². The summed E-state index contributed by atoms with van der Waals surface area (Å²) in [5.74, 6) is 0.299. The van der Waals surface area contributed by atoms with E-state index in [-0.39, 0.29) is 29.5 Å². The molecule has 0 aromatic carbocycles. The van der Waals surface area contributed by atoms with E-state index in [2.05, 4.69) is 0 Å². The van der Waals surface area contributed by atoms with Crippen LogP contribution in [0.3, 0.4) is 0 Å². The van der Waals surface area contributed by atoms with E-state index in [9.17, 15) is 13.2 Å². The second-order valence-corrected chi connectivity index (χ2v) is 8.12. The molecule has 3 unspecified atom stereocenters. The molecule has 3 atom stereocenters. The third-order valence-corrected chi connectivity index (χ3v) is 6.35. The van der Waals surface area contributed by atoms with Gasteiger partial charge in [-0.1, -0.05) is 6.42 Å². The first-order chi connectivity index (χ1) is 8.26. The van der Waals surface area contributed by atoms with Crippen molar-refractivity contribution in [2.24, 2.45) is 11.1 Å². The van der Waals surface area contributed by atoms with Crippen LogP contribution in [0, 0.1) is 5.41 Å². The molecular weight excluding hydrogens is 252 g/mol. The lowest BCUT2D eigenvalue weighted by Gasteiger charge is -2.35.